The second-order valence-corrected chi connectivity index (χ2v) is 5.96. The minimum Gasteiger partial charge on any atom is -0.748 e. The van der Waals surface area contributed by atoms with Gasteiger partial charge in [-0.3, -0.25) is 0 Å². The first-order valence-electron chi connectivity index (χ1n) is 8.45. The van der Waals surface area contributed by atoms with E-state index in [0.29, 0.717) is 12.2 Å². The number of ether oxygens (including phenoxy) is 1. The van der Waals surface area contributed by atoms with E-state index in [9.17, 15) is 4.79 Å². The molecule has 0 unspecified atom stereocenters. The number of carbonyl (C=O) groups is 1. The van der Waals surface area contributed by atoms with E-state index in [-0.39, 0.29) is 23.0 Å². The Bertz CT molecular complexity index is 726. The summed E-state index contributed by atoms with van der Waals surface area (Å²) in [6, 6.07) is 23.9. The molecule has 0 atom stereocenters. The molecule has 26 heavy (non-hydrogen) atoms. The van der Waals surface area contributed by atoms with Gasteiger partial charge in [-0.15, -0.1) is 35.4 Å². The molecule has 0 saturated carbocycles. The number of hydrogen-bond acceptors (Lipinski definition) is 3. The Kier molecular flexibility index (Phi) is 9.67. The van der Waals surface area contributed by atoms with Gasteiger partial charge in [-0.25, -0.2) is 4.79 Å². The van der Waals surface area contributed by atoms with E-state index in [2.05, 4.69) is 37.2 Å². The van der Waals surface area contributed by atoms with Crippen LogP contribution in [0.2, 0.25) is 0 Å². The predicted octanol–water partition coefficient (Wildman–Crippen LogP) is 4.71. The second kappa shape index (κ2) is 11.5. The van der Waals surface area contributed by atoms with Crippen molar-refractivity contribution in [2.75, 3.05) is 20.7 Å². The van der Waals surface area contributed by atoms with Gasteiger partial charge in [-0.2, -0.15) is 6.07 Å². The van der Waals surface area contributed by atoms with Crippen molar-refractivity contribution < 1.29 is 26.6 Å². The molecule has 0 aliphatic heterocycles. The summed E-state index contributed by atoms with van der Waals surface area (Å²) in [5, 5.41) is 0. The number of nitrogens with zero attached hydrogens (tertiary/aromatic N) is 1. The normalized spacial score (nSPS) is 9.85. The van der Waals surface area contributed by atoms with E-state index in [1.807, 2.05) is 61.5 Å². The first-order valence-corrected chi connectivity index (χ1v) is 8.45. The van der Waals surface area contributed by atoms with Crippen molar-refractivity contribution in [1.82, 2.24) is 4.90 Å². The SMILES string of the molecule is CCOC(=O)c1ccc(-[c-]2cccc2CN(C)C)cc1.[Fe].[cH-]1[cH-][cH-][cH-][cH-]1. The fourth-order valence-corrected chi connectivity index (χ4v) is 2.54. The predicted molar refractivity (Wildman–Crippen MR) is 103 cm³/mol. The van der Waals surface area contributed by atoms with Crippen molar-refractivity contribution >= 4 is 5.97 Å². The van der Waals surface area contributed by atoms with Gasteiger partial charge in [0.25, 0.3) is 0 Å². The molecular weight excluding hydrogens is 366 g/mol. The van der Waals surface area contributed by atoms with Gasteiger partial charge in [0.15, 0.2) is 0 Å². The van der Waals surface area contributed by atoms with Crippen molar-refractivity contribution in [2.45, 2.75) is 13.5 Å². The number of rotatable bonds is 5. The van der Waals surface area contributed by atoms with E-state index >= 15 is 0 Å². The molecule has 0 aliphatic rings. The van der Waals surface area contributed by atoms with Crippen LogP contribution in [0, 0.1) is 0 Å². The molecule has 3 nitrogen and oxygen atoms in total. The van der Waals surface area contributed by atoms with Gasteiger partial charge in [-0.1, -0.05) is 17.7 Å². The Morgan fingerprint density at radius 1 is 1.04 bits per heavy atom. The fourth-order valence-electron chi connectivity index (χ4n) is 2.54. The van der Waals surface area contributed by atoms with Crippen LogP contribution in [-0.4, -0.2) is 31.6 Å². The number of hydrogen-bond donors (Lipinski definition) is 0. The molecule has 0 fully saturated rings. The summed E-state index contributed by atoms with van der Waals surface area (Å²) in [6.45, 7) is 3.11. The monoisotopic (exact) mass is 391 g/mol. The molecule has 0 bridgehead atoms. The molecular formula is C22H25FeNO2-6. The van der Waals surface area contributed by atoms with Crippen molar-refractivity contribution in [3.8, 4) is 11.1 Å². The van der Waals surface area contributed by atoms with Crippen LogP contribution in [0.1, 0.15) is 22.8 Å². The smallest absolute Gasteiger partial charge is 0.336 e. The van der Waals surface area contributed by atoms with Crippen molar-refractivity contribution in [2.24, 2.45) is 0 Å². The zero-order chi connectivity index (χ0) is 18.1. The number of benzene rings is 1. The summed E-state index contributed by atoms with van der Waals surface area (Å²) in [4.78, 5) is 13.8. The standard InChI is InChI=1S/C17H20NO2.C5H5.Fe/c1-4-20-17(19)14-10-8-13(9-11-14)16-7-5-6-15(16)12-18(2)3;1-2-4-5-3-1;/h5-11H,4,12H2,1-3H3;1-5H;/q-1;-5;. The first-order chi connectivity index (χ1) is 12.1. The molecule has 0 aromatic heterocycles. The fraction of sp³-hybridized carbons (Fsp3) is 0.227. The Labute approximate surface area is 166 Å². The largest absolute Gasteiger partial charge is 0.748 e. The third-order valence-electron chi connectivity index (χ3n) is 3.66. The molecule has 0 heterocycles. The summed E-state index contributed by atoms with van der Waals surface area (Å²) in [7, 11) is 4.11. The zero-order valence-corrected chi connectivity index (χ0v) is 16.6. The van der Waals surface area contributed by atoms with Crippen molar-refractivity contribution in [3.05, 3.63) is 83.9 Å². The molecule has 0 aliphatic carbocycles. The van der Waals surface area contributed by atoms with Crippen LogP contribution >= 0.6 is 0 Å². The quantitative estimate of drug-likeness (QED) is 0.358. The maximum Gasteiger partial charge on any atom is 0.336 e. The van der Waals surface area contributed by atoms with E-state index in [4.69, 9.17) is 4.74 Å². The van der Waals surface area contributed by atoms with Gasteiger partial charge < -0.3 is 40.0 Å². The van der Waals surface area contributed by atoms with E-state index < -0.39 is 0 Å². The van der Waals surface area contributed by atoms with Crippen LogP contribution in [0.15, 0.2) is 72.8 Å². The summed E-state index contributed by atoms with van der Waals surface area (Å²) in [5.74, 6) is -0.268. The summed E-state index contributed by atoms with van der Waals surface area (Å²) in [6.07, 6.45) is 0. The summed E-state index contributed by atoms with van der Waals surface area (Å²) >= 11 is 0. The van der Waals surface area contributed by atoms with Gasteiger partial charge in [0.1, 0.15) is 0 Å². The Morgan fingerprint density at radius 3 is 2.12 bits per heavy atom. The number of carbonyl (C=O) groups excluding carboxylic acids is 1. The van der Waals surface area contributed by atoms with Crippen LogP contribution in [0.4, 0.5) is 0 Å². The Balaban J connectivity index is 0.000000486. The van der Waals surface area contributed by atoms with Gasteiger partial charge >= 0.3 is 5.97 Å². The van der Waals surface area contributed by atoms with Crippen molar-refractivity contribution in [3.63, 3.8) is 0 Å². The summed E-state index contributed by atoms with van der Waals surface area (Å²) < 4.78 is 4.99. The van der Waals surface area contributed by atoms with Crippen molar-refractivity contribution in [1.29, 1.82) is 0 Å². The maximum atomic E-state index is 11.6. The molecule has 0 spiro atoms. The minimum atomic E-state index is -0.268. The van der Waals surface area contributed by atoms with E-state index in [1.54, 1.807) is 0 Å². The molecule has 0 radical (unpaired) electrons. The second-order valence-electron chi connectivity index (χ2n) is 5.96. The third-order valence-corrected chi connectivity index (χ3v) is 3.66. The summed E-state index contributed by atoms with van der Waals surface area (Å²) in [5.41, 5.74) is 4.23. The first kappa shape index (κ1) is 21.9. The van der Waals surface area contributed by atoms with Gasteiger partial charge in [-0.05, 0) is 21.0 Å². The average Bonchev–Trinajstić information content (AvgIpc) is 3.29. The molecule has 0 saturated heterocycles. The Morgan fingerprint density at radius 2 is 1.62 bits per heavy atom. The molecule has 144 valence electrons. The molecule has 3 aromatic rings. The van der Waals surface area contributed by atoms with Gasteiger partial charge in [0.2, 0.25) is 0 Å². The van der Waals surface area contributed by atoms with Crippen LogP contribution in [0.3, 0.4) is 0 Å². The van der Waals surface area contributed by atoms with Crippen LogP contribution in [0.5, 0.6) is 0 Å². The van der Waals surface area contributed by atoms with E-state index in [1.165, 1.54) is 11.1 Å². The number of esters is 1. The topological polar surface area (TPSA) is 29.5 Å². The van der Waals surface area contributed by atoms with E-state index in [0.717, 1.165) is 12.1 Å². The van der Waals surface area contributed by atoms with Gasteiger partial charge in [0.05, 0.1) is 6.61 Å². The average molecular weight is 391 g/mol. The third kappa shape index (κ3) is 6.64. The Hall–Kier alpha value is -2.13. The van der Waals surface area contributed by atoms with Crippen LogP contribution in [-0.2, 0) is 28.4 Å². The molecule has 4 heteroatoms. The zero-order valence-electron chi connectivity index (χ0n) is 15.5. The maximum absolute atomic E-state index is 11.6. The minimum absolute atomic E-state index is 0. The molecule has 0 amide bonds. The molecule has 3 rings (SSSR count). The molecule has 3 aromatic carbocycles. The van der Waals surface area contributed by atoms with Crippen LogP contribution in [0.25, 0.3) is 11.1 Å². The van der Waals surface area contributed by atoms with Crippen LogP contribution < -0.4 is 0 Å². The molecule has 0 N–H and O–H groups in total. The van der Waals surface area contributed by atoms with Gasteiger partial charge in [0, 0.05) is 29.2 Å².